The molecule has 0 heterocycles. The molecule has 3 nitrogen and oxygen atoms in total. The average molecular weight is 298 g/mol. The van der Waals surface area contributed by atoms with E-state index in [0.717, 1.165) is 24.9 Å². The van der Waals surface area contributed by atoms with Crippen LogP contribution in [0.15, 0.2) is 0 Å². The molecule has 0 bridgehead atoms. The minimum Gasteiger partial charge on any atom is -0.313 e. The molecule has 0 aromatic rings. The molecule has 1 aliphatic rings. The summed E-state index contributed by atoms with van der Waals surface area (Å²) >= 11 is 0. The van der Waals surface area contributed by atoms with E-state index in [9.17, 15) is 0 Å². The van der Waals surface area contributed by atoms with Gasteiger partial charge in [0.2, 0.25) is 0 Å². The van der Waals surface area contributed by atoms with Crippen molar-refractivity contribution in [3.8, 4) is 0 Å². The fraction of sp³-hybridized carbons (Fsp3) is 1.00. The molecule has 0 aromatic heterocycles. The van der Waals surface area contributed by atoms with Gasteiger partial charge in [-0.1, -0.05) is 40.0 Å². The summed E-state index contributed by atoms with van der Waals surface area (Å²) in [6.07, 6.45) is 7.19. The van der Waals surface area contributed by atoms with E-state index in [1.807, 2.05) is 0 Å². The molecule has 1 fully saturated rings. The Labute approximate surface area is 133 Å². The molecule has 1 saturated carbocycles. The van der Waals surface area contributed by atoms with Crippen LogP contribution in [-0.2, 0) is 0 Å². The average Bonchev–Trinajstić information content (AvgIpc) is 2.44. The van der Waals surface area contributed by atoms with Gasteiger partial charge in [0.05, 0.1) is 0 Å². The van der Waals surface area contributed by atoms with E-state index in [1.54, 1.807) is 0 Å². The third kappa shape index (κ3) is 8.18. The molecule has 0 aromatic carbocycles. The van der Waals surface area contributed by atoms with Gasteiger partial charge in [0.1, 0.15) is 0 Å². The van der Waals surface area contributed by atoms with E-state index < -0.39 is 0 Å². The Morgan fingerprint density at radius 2 is 1.67 bits per heavy atom. The maximum Gasteiger partial charge on any atom is 0.0223 e. The Kier molecular flexibility index (Phi) is 9.54. The van der Waals surface area contributed by atoms with Gasteiger partial charge in [-0.2, -0.15) is 0 Å². The number of rotatable bonds is 10. The van der Waals surface area contributed by atoms with Crippen molar-refractivity contribution in [2.24, 2.45) is 11.8 Å². The Hall–Kier alpha value is -0.120. The van der Waals surface area contributed by atoms with Crippen LogP contribution in [0.2, 0.25) is 0 Å². The van der Waals surface area contributed by atoms with Crippen LogP contribution in [0.3, 0.4) is 0 Å². The van der Waals surface area contributed by atoms with E-state index in [0.29, 0.717) is 6.04 Å². The topological polar surface area (TPSA) is 18.5 Å². The summed E-state index contributed by atoms with van der Waals surface area (Å²) in [5.41, 5.74) is 0. The zero-order valence-corrected chi connectivity index (χ0v) is 15.2. The lowest BCUT2D eigenvalue weighted by Crippen LogP contribution is -2.48. The fourth-order valence-electron chi connectivity index (χ4n) is 3.57. The second kappa shape index (κ2) is 10.6. The summed E-state index contributed by atoms with van der Waals surface area (Å²) in [5.74, 6) is 1.65. The highest BCUT2D eigenvalue weighted by Gasteiger charge is 2.25. The minimum atomic E-state index is 0.691. The van der Waals surface area contributed by atoms with Crippen LogP contribution in [0.25, 0.3) is 0 Å². The first-order valence-corrected chi connectivity index (χ1v) is 9.13. The lowest BCUT2D eigenvalue weighted by Gasteiger charge is -2.36. The van der Waals surface area contributed by atoms with Crippen molar-refractivity contribution < 1.29 is 0 Å². The number of hydrogen-bond donors (Lipinski definition) is 1. The van der Waals surface area contributed by atoms with Crippen molar-refractivity contribution in [3.63, 3.8) is 0 Å². The lowest BCUT2D eigenvalue weighted by molar-refractivity contribution is 0.161. The van der Waals surface area contributed by atoms with Gasteiger partial charge in [0, 0.05) is 32.2 Å². The Bertz CT molecular complexity index is 247. The highest BCUT2D eigenvalue weighted by atomic mass is 15.2. The van der Waals surface area contributed by atoms with Gasteiger partial charge in [-0.3, -0.25) is 0 Å². The van der Waals surface area contributed by atoms with Gasteiger partial charge in [-0.05, 0) is 45.3 Å². The van der Waals surface area contributed by atoms with Crippen LogP contribution in [0, 0.1) is 11.8 Å². The molecular weight excluding hydrogens is 258 g/mol. The SMILES string of the molecule is CCNC(CN(CCN(C)C)CC(C)C)C1CCCCC1. The van der Waals surface area contributed by atoms with Crippen LogP contribution < -0.4 is 5.32 Å². The number of nitrogens with zero attached hydrogens (tertiary/aromatic N) is 2. The zero-order chi connectivity index (χ0) is 15.7. The van der Waals surface area contributed by atoms with Crippen molar-refractivity contribution in [1.82, 2.24) is 15.1 Å². The van der Waals surface area contributed by atoms with E-state index >= 15 is 0 Å². The van der Waals surface area contributed by atoms with Crippen LogP contribution in [0.4, 0.5) is 0 Å². The van der Waals surface area contributed by atoms with Crippen molar-refractivity contribution in [2.45, 2.75) is 58.9 Å². The van der Waals surface area contributed by atoms with E-state index in [4.69, 9.17) is 0 Å². The van der Waals surface area contributed by atoms with Crippen LogP contribution in [0.5, 0.6) is 0 Å². The summed E-state index contributed by atoms with van der Waals surface area (Å²) in [7, 11) is 4.35. The molecule has 1 atom stereocenters. The van der Waals surface area contributed by atoms with E-state index in [2.05, 4.69) is 50.0 Å². The quantitative estimate of drug-likeness (QED) is 0.668. The van der Waals surface area contributed by atoms with Crippen LogP contribution in [0.1, 0.15) is 52.9 Å². The minimum absolute atomic E-state index is 0.691. The maximum absolute atomic E-state index is 3.79. The number of likely N-dealkylation sites (N-methyl/N-ethyl adjacent to an activating group) is 2. The standard InChI is InChI=1S/C18H39N3/c1-6-19-18(17-10-8-7-9-11-17)15-21(14-16(2)3)13-12-20(4)5/h16-19H,6-15H2,1-5H3. The van der Waals surface area contributed by atoms with Gasteiger partial charge in [-0.15, -0.1) is 0 Å². The Balaban J connectivity index is 2.55. The smallest absolute Gasteiger partial charge is 0.0223 e. The Morgan fingerprint density at radius 1 is 1.00 bits per heavy atom. The normalized spacial score (nSPS) is 18.9. The summed E-state index contributed by atoms with van der Waals surface area (Å²) in [6.45, 7) is 12.8. The number of hydrogen-bond acceptors (Lipinski definition) is 3. The van der Waals surface area contributed by atoms with E-state index in [-0.39, 0.29) is 0 Å². The molecule has 1 aliphatic carbocycles. The molecule has 126 valence electrons. The third-order valence-corrected chi connectivity index (χ3v) is 4.63. The first-order valence-electron chi connectivity index (χ1n) is 9.13. The summed E-state index contributed by atoms with van der Waals surface area (Å²) in [4.78, 5) is 4.99. The molecule has 0 radical (unpaired) electrons. The van der Waals surface area contributed by atoms with E-state index in [1.165, 1.54) is 51.7 Å². The second-order valence-corrected chi connectivity index (χ2v) is 7.52. The molecule has 21 heavy (non-hydrogen) atoms. The van der Waals surface area contributed by atoms with Crippen LogP contribution >= 0.6 is 0 Å². The van der Waals surface area contributed by atoms with Crippen molar-refractivity contribution in [1.29, 1.82) is 0 Å². The molecule has 3 heteroatoms. The second-order valence-electron chi connectivity index (χ2n) is 7.52. The molecule has 0 spiro atoms. The highest BCUT2D eigenvalue weighted by molar-refractivity contribution is 4.82. The largest absolute Gasteiger partial charge is 0.313 e. The van der Waals surface area contributed by atoms with Crippen molar-refractivity contribution >= 4 is 0 Å². The molecule has 1 unspecified atom stereocenters. The maximum atomic E-state index is 3.79. The lowest BCUT2D eigenvalue weighted by atomic mass is 9.83. The number of nitrogens with one attached hydrogen (secondary N) is 1. The first kappa shape index (κ1) is 18.9. The molecule has 0 aliphatic heterocycles. The van der Waals surface area contributed by atoms with Gasteiger partial charge < -0.3 is 15.1 Å². The molecule has 1 rings (SSSR count). The highest BCUT2D eigenvalue weighted by Crippen LogP contribution is 2.27. The fourth-order valence-corrected chi connectivity index (χ4v) is 3.57. The van der Waals surface area contributed by atoms with Gasteiger partial charge in [0.25, 0.3) is 0 Å². The third-order valence-electron chi connectivity index (χ3n) is 4.63. The zero-order valence-electron chi connectivity index (χ0n) is 15.2. The summed E-state index contributed by atoms with van der Waals surface area (Å²) in [5, 5.41) is 3.79. The van der Waals surface area contributed by atoms with Crippen molar-refractivity contribution in [2.75, 3.05) is 46.8 Å². The Morgan fingerprint density at radius 3 is 2.19 bits per heavy atom. The first-order chi connectivity index (χ1) is 10.0. The molecule has 0 saturated heterocycles. The van der Waals surface area contributed by atoms with Gasteiger partial charge in [0.15, 0.2) is 0 Å². The predicted molar refractivity (Wildman–Crippen MR) is 93.9 cm³/mol. The molecule has 1 N–H and O–H groups in total. The van der Waals surface area contributed by atoms with Gasteiger partial charge in [-0.25, -0.2) is 0 Å². The van der Waals surface area contributed by atoms with Crippen molar-refractivity contribution in [3.05, 3.63) is 0 Å². The molecular formula is C18H39N3. The van der Waals surface area contributed by atoms with Gasteiger partial charge >= 0.3 is 0 Å². The predicted octanol–water partition coefficient (Wildman–Crippen LogP) is 3.06. The molecule has 0 amide bonds. The van der Waals surface area contributed by atoms with Crippen LogP contribution in [-0.4, -0.2) is 62.7 Å². The monoisotopic (exact) mass is 297 g/mol. The summed E-state index contributed by atoms with van der Waals surface area (Å²) < 4.78 is 0. The summed E-state index contributed by atoms with van der Waals surface area (Å²) in [6, 6.07) is 0.691.